The van der Waals surface area contributed by atoms with Crippen LogP contribution < -0.4 is 0 Å². The van der Waals surface area contributed by atoms with Crippen molar-refractivity contribution in [2.45, 2.75) is 20.8 Å². The van der Waals surface area contributed by atoms with E-state index in [1.54, 1.807) is 0 Å². The number of pyridine rings is 1. The molecule has 4 nitrogen and oxygen atoms in total. The Kier molecular flexibility index (Phi) is 2.74. The molecule has 0 aliphatic rings. The molecule has 0 spiro atoms. The first-order chi connectivity index (χ1) is 5.86. The van der Waals surface area contributed by atoms with Gasteiger partial charge in [0.15, 0.2) is 0 Å². The molecule has 4 heteroatoms. The summed E-state index contributed by atoms with van der Waals surface area (Å²) in [7, 11) is 0. The largest absolute Gasteiger partial charge is 0.230 e. The summed E-state index contributed by atoms with van der Waals surface area (Å²) in [6.45, 7) is 5.92. The SMILES string of the molecule is CC.Cc1ccc2n[nH]nc2n1. The zero-order valence-corrected chi connectivity index (χ0v) is 7.50. The molecule has 0 saturated heterocycles. The summed E-state index contributed by atoms with van der Waals surface area (Å²) in [5.41, 5.74) is 2.45. The number of H-pyrrole nitrogens is 1. The molecule has 0 aliphatic carbocycles. The van der Waals surface area contributed by atoms with Crippen LogP contribution in [-0.2, 0) is 0 Å². The van der Waals surface area contributed by atoms with Gasteiger partial charge in [0, 0.05) is 5.69 Å². The minimum atomic E-state index is 0.681. The topological polar surface area (TPSA) is 54.5 Å². The fraction of sp³-hybridized carbons (Fsp3) is 0.375. The van der Waals surface area contributed by atoms with Gasteiger partial charge in [0.1, 0.15) is 5.52 Å². The fourth-order valence-electron chi connectivity index (χ4n) is 0.831. The zero-order valence-electron chi connectivity index (χ0n) is 7.50. The number of aromatic amines is 1. The predicted octanol–water partition coefficient (Wildman–Crippen LogP) is 1.69. The van der Waals surface area contributed by atoms with Crippen molar-refractivity contribution >= 4 is 11.2 Å². The minimum absolute atomic E-state index is 0.681. The highest BCUT2D eigenvalue weighted by atomic mass is 15.3. The van der Waals surface area contributed by atoms with Crippen molar-refractivity contribution in [3.8, 4) is 0 Å². The Hall–Kier alpha value is -1.45. The monoisotopic (exact) mass is 164 g/mol. The molecule has 0 unspecified atom stereocenters. The molecule has 2 rings (SSSR count). The molecule has 0 bridgehead atoms. The van der Waals surface area contributed by atoms with Gasteiger partial charge in [-0.3, -0.25) is 0 Å². The molecule has 64 valence electrons. The molecular weight excluding hydrogens is 152 g/mol. The standard InChI is InChI=1S/C6H6N4.C2H6/c1-4-2-3-5-6(7-4)9-10-8-5;1-2/h2-3H,1H3,(H,7,8,9,10);1-2H3. The van der Waals surface area contributed by atoms with E-state index >= 15 is 0 Å². The third kappa shape index (κ3) is 1.58. The van der Waals surface area contributed by atoms with Crippen molar-refractivity contribution in [3.05, 3.63) is 17.8 Å². The summed E-state index contributed by atoms with van der Waals surface area (Å²) in [5, 5.41) is 10.2. The molecule has 2 heterocycles. The zero-order chi connectivity index (χ0) is 8.97. The third-order valence-corrected chi connectivity index (χ3v) is 1.32. The molecule has 0 saturated carbocycles. The normalized spacial score (nSPS) is 9.25. The van der Waals surface area contributed by atoms with Crippen LogP contribution in [0.25, 0.3) is 11.2 Å². The molecule has 0 atom stereocenters. The smallest absolute Gasteiger partial charge is 0.201 e. The highest BCUT2D eigenvalue weighted by Gasteiger charge is 1.96. The molecule has 0 amide bonds. The Morgan fingerprint density at radius 1 is 1.17 bits per heavy atom. The summed E-state index contributed by atoms with van der Waals surface area (Å²) in [6, 6.07) is 3.80. The molecular formula is C8H12N4. The van der Waals surface area contributed by atoms with E-state index in [0.29, 0.717) is 5.65 Å². The summed E-state index contributed by atoms with van der Waals surface area (Å²) < 4.78 is 0. The van der Waals surface area contributed by atoms with Crippen LogP contribution in [0.2, 0.25) is 0 Å². The van der Waals surface area contributed by atoms with E-state index in [0.717, 1.165) is 11.2 Å². The maximum Gasteiger partial charge on any atom is 0.201 e. The lowest BCUT2D eigenvalue weighted by Gasteiger charge is -1.86. The number of aromatic nitrogens is 4. The summed E-state index contributed by atoms with van der Waals surface area (Å²) in [6.07, 6.45) is 0. The third-order valence-electron chi connectivity index (χ3n) is 1.32. The first kappa shape index (κ1) is 8.64. The average Bonchev–Trinajstić information content (AvgIpc) is 2.54. The van der Waals surface area contributed by atoms with Crippen LogP contribution in [0, 0.1) is 6.92 Å². The number of nitrogens with one attached hydrogen (secondary N) is 1. The van der Waals surface area contributed by atoms with E-state index in [4.69, 9.17) is 0 Å². The van der Waals surface area contributed by atoms with Crippen LogP contribution in [0.4, 0.5) is 0 Å². The second-order valence-corrected chi connectivity index (χ2v) is 2.12. The quantitative estimate of drug-likeness (QED) is 0.644. The summed E-state index contributed by atoms with van der Waals surface area (Å²) >= 11 is 0. The van der Waals surface area contributed by atoms with Gasteiger partial charge in [0.25, 0.3) is 0 Å². The average molecular weight is 164 g/mol. The van der Waals surface area contributed by atoms with E-state index in [1.165, 1.54) is 0 Å². The second kappa shape index (κ2) is 3.80. The molecule has 0 aliphatic heterocycles. The van der Waals surface area contributed by atoms with Crippen LogP contribution in [0.5, 0.6) is 0 Å². The number of hydrogen-bond donors (Lipinski definition) is 1. The van der Waals surface area contributed by atoms with Crippen LogP contribution >= 0.6 is 0 Å². The van der Waals surface area contributed by atoms with Crippen molar-refractivity contribution in [2.24, 2.45) is 0 Å². The van der Waals surface area contributed by atoms with Gasteiger partial charge in [-0.25, -0.2) is 4.98 Å². The predicted molar refractivity (Wildman–Crippen MR) is 47.8 cm³/mol. The summed E-state index contributed by atoms with van der Waals surface area (Å²) in [5.74, 6) is 0. The molecule has 0 radical (unpaired) electrons. The van der Waals surface area contributed by atoms with Gasteiger partial charge in [-0.05, 0) is 19.1 Å². The van der Waals surface area contributed by atoms with Crippen molar-refractivity contribution in [3.63, 3.8) is 0 Å². The van der Waals surface area contributed by atoms with Gasteiger partial charge >= 0.3 is 0 Å². The molecule has 0 fully saturated rings. The van der Waals surface area contributed by atoms with Crippen molar-refractivity contribution in [2.75, 3.05) is 0 Å². The van der Waals surface area contributed by atoms with E-state index in [9.17, 15) is 0 Å². The van der Waals surface area contributed by atoms with Gasteiger partial charge in [-0.1, -0.05) is 13.8 Å². The molecule has 2 aromatic rings. The Balaban J connectivity index is 0.000000336. The highest BCUT2D eigenvalue weighted by molar-refractivity contribution is 5.68. The van der Waals surface area contributed by atoms with Crippen LogP contribution in [0.1, 0.15) is 19.5 Å². The second-order valence-electron chi connectivity index (χ2n) is 2.12. The molecule has 2 aromatic heterocycles. The van der Waals surface area contributed by atoms with E-state index in [2.05, 4.69) is 20.4 Å². The first-order valence-electron chi connectivity index (χ1n) is 4.00. The van der Waals surface area contributed by atoms with E-state index in [1.807, 2.05) is 32.9 Å². The Bertz CT molecular complexity index is 353. The van der Waals surface area contributed by atoms with Gasteiger partial charge < -0.3 is 0 Å². The van der Waals surface area contributed by atoms with Gasteiger partial charge in [-0.15, -0.1) is 5.10 Å². The fourth-order valence-corrected chi connectivity index (χ4v) is 0.831. The van der Waals surface area contributed by atoms with Crippen LogP contribution in [-0.4, -0.2) is 20.4 Å². The number of nitrogens with zero attached hydrogens (tertiary/aromatic N) is 3. The lowest BCUT2D eigenvalue weighted by molar-refractivity contribution is 0.953. The highest BCUT2D eigenvalue weighted by Crippen LogP contribution is 2.03. The van der Waals surface area contributed by atoms with Crippen LogP contribution in [0.3, 0.4) is 0 Å². The minimum Gasteiger partial charge on any atom is -0.230 e. The van der Waals surface area contributed by atoms with Crippen molar-refractivity contribution < 1.29 is 0 Å². The number of fused-ring (bicyclic) bond motifs is 1. The molecule has 1 N–H and O–H groups in total. The Morgan fingerprint density at radius 3 is 2.67 bits per heavy atom. The van der Waals surface area contributed by atoms with E-state index < -0.39 is 0 Å². The first-order valence-corrected chi connectivity index (χ1v) is 4.00. The number of aryl methyl sites for hydroxylation is 1. The Morgan fingerprint density at radius 2 is 1.92 bits per heavy atom. The van der Waals surface area contributed by atoms with Gasteiger partial charge in [0.2, 0.25) is 5.65 Å². The molecule has 12 heavy (non-hydrogen) atoms. The van der Waals surface area contributed by atoms with Gasteiger partial charge in [0.05, 0.1) is 0 Å². The Labute approximate surface area is 71.0 Å². The van der Waals surface area contributed by atoms with Crippen molar-refractivity contribution in [1.82, 2.24) is 20.4 Å². The lowest BCUT2D eigenvalue weighted by Crippen LogP contribution is -1.80. The van der Waals surface area contributed by atoms with Crippen molar-refractivity contribution in [1.29, 1.82) is 0 Å². The lowest BCUT2D eigenvalue weighted by atomic mass is 10.4. The maximum atomic E-state index is 4.13. The van der Waals surface area contributed by atoms with Gasteiger partial charge in [-0.2, -0.15) is 10.3 Å². The molecule has 0 aromatic carbocycles. The summed E-state index contributed by atoms with van der Waals surface area (Å²) in [4.78, 5) is 4.13. The van der Waals surface area contributed by atoms with Crippen LogP contribution in [0.15, 0.2) is 12.1 Å². The maximum absolute atomic E-state index is 4.13. The van der Waals surface area contributed by atoms with E-state index in [-0.39, 0.29) is 0 Å². The number of hydrogen-bond acceptors (Lipinski definition) is 3. The number of rotatable bonds is 0.